The van der Waals surface area contributed by atoms with Gasteiger partial charge < -0.3 is 14.7 Å². The fourth-order valence-corrected chi connectivity index (χ4v) is 4.59. The van der Waals surface area contributed by atoms with E-state index in [1.807, 2.05) is 22.9 Å². The first-order valence-corrected chi connectivity index (χ1v) is 9.47. The Morgan fingerprint density at radius 3 is 2.64 bits per heavy atom. The van der Waals surface area contributed by atoms with Crippen LogP contribution >= 0.6 is 0 Å². The van der Waals surface area contributed by atoms with Gasteiger partial charge in [-0.05, 0) is 49.9 Å². The normalized spacial score (nSPS) is 24.8. The summed E-state index contributed by atoms with van der Waals surface area (Å²) in [6.45, 7) is 4.64. The first kappa shape index (κ1) is 16.6. The van der Waals surface area contributed by atoms with Crippen molar-refractivity contribution in [1.82, 2.24) is 9.80 Å². The number of piperidine rings is 1. The van der Waals surface area contributed by atoms with Crippen molar-refractivity contribution in [3.05, 3.63) is 29.8 Å². The second-order valence-corrected chi connectivity index (χ2v) is 7.79. The lowest BCUT2D eigenvalue weighted by atomic mass is 9.94. The van der Waals surface area contributed by atoms with Gasteiger partial charge in [0, 0.05) is 44.7 Å². The highest BCUT2D eigenvalue weighted by Gasteiger charge is 2.34. The number of anilines is 1. The Morgan fingerprint density at radius 2 is 1.92 bits per heavy atom. The van der Waals surface area contributed by atoms with Crippen molar-refractivity contribution < 1.29 is 9.59 Å². The van der Waals surface area contributed by atoms with Gasteiger partial charge in [0.25, 0.3) is 0 Å². The van der Waals surface area contributed by atoms with Crippen LogP contribution in [0.1, 0.15) is 24.8 Å². The van der Waals surface area contributed by atoms with Crippen molar-refractivity contribution in [2.24, 2.45) is 11.8 Å². The van der Waals surface area contributed by atoms with E-state index in [0.717, 1.165) is 57.7 Å². The van der Waals surface area contributed by atoms with Gasteiger partial charge >= 0.3 is 0 Å². The van der Waals surface area contributed by atoms with E-state index in [9.17, 15) is 9.59 Å². The molecule has 1 unspecified atom stereocenters. The molecule has 0 aliphatic carbocycles. The highest BCUT2D eigenvalue weighted by atomic mass is 16.2. The maximum Gasteiger partial charge on any atom is 0.230 e. The van der Waals surface area contributed by atoms with Gasteiger partial charge in [-0.25, -0.2) is 0 Å². The van der Waals surface area contributed by atoms with E-state index in [-0.39, 0.29) is 11.8 Å². The molecule has 5 nitrogen and oxygen atoms in total. The molecule has 0 aromatic heterocycles. The lowest BCUT2D eigenvalue weighted by Crippen LogP contribution is -2.43. The fraction of sp³-hybridized carbons (Fsp3) is 0.600. The van der Waals surface area contributed by atoms with E-state index in [2.05, 4.69) is 23.1 Å². The molecule has 0 radical (unpaired) electrons. The molecular formula is C20H27N3O2. The molecule has 2 fully saturated rings. The Hall–Kier alpha value is -1.88. The molecule has 2 amide bonds. The molecule has 0 N–H and O–H groups in total. The van der Waals surface area contributed by atoms with E-state index in [1.165, 1.54) is 5.56 Å². The molecule has 2 saturated heterocycles. The standard InChI is InChI=1S/C20H27N3O2/c1-21-13-15(12-19(21)24)14-22-9-6-17(7-10-22)20(25)23-11-8-16-4-2-3-5-18(16)23/h2-5,15,17H,6-14H2,1H3. The van der Waals surface area contributed by atoms with Gasteiger partial charge in [-0.15, -0.1) is 0 Å². The molecule has 1 aromatic carbocycles. The first-order valence-electron chi connectivity index (χ1n) is 9.47. The number of likely N-dealkylation sites (tertiary alicyclic amines) is 2. The minimum atomic E-state index is 0.148. The predicted octanol–water partition coefficient (Wildman–Crippen LogP) is 1.77. The van der Waals surface area contributed by atoms with Crippen molar-refractivity contribution >= 4 is 17.5 Å². The molecule has 0 saturated carbocycles. The summed E-state index contributed by atoms with van der Waals surface area (Å²) in [5.74, 6) is 1.17. The molecule has 5 heteroatoms. The minimum Gasteiger partial charge on any atom is -0.345 e. The molecule has 3 aliphatic rings. The van der Waals surface area contributed by atoms with Gasteiger partial charge in [0.15, 0.2) is 0 Å². The van der Waals surface area contributed by atoms with Crippen molar-refractivity contribution in [3.63, 3.8) is 0 Å². The highest BCUT2D eigenvalue weighted by molar-refractivity contribution is 5.97. The summed E-state index contributed by atoms with van der Waals surface area (Å²) in [6.07, 6.45) is 3.53. The molecule has 4 rings (SSSR count). The number of carbonyl (C=O) groups excluding carboxylic acids is 2. The van der Waals surface area contributed by atoms with Crippen LogP contribution in [0.3, 0.4) is 0 Å². The monoisotopic (exact) mass is 341 g/mol. The molecule has 0 bridgehead atoms. The van der Waals surface area contributed by atoms with Crippen LogP contribution in [0, 0.1) is 11.8 Å². The largest absolute Gasteiger partial charge is 0.345 e. The summed E-state index contributed by atoms with van der Waals surface area (Å²) < 4.78 is 0. The first-order chi connectivity index (χ1) is 12.1. The van der Waals surface area contributed by atoms with E-state index in [0.29, 0.717) is 18.2 Å². The Bertz CT molecular complexity index is 667. The molecule has 0 spiro atoms. The Morgan fingerprint density at radius 1 is 1.16 bits per heavy atom. The maximum atomic E-state index is 13.0. The van der Waals surface area contributed by atoms with Crippen LogP contribution in [0.2, 0.25) is 0 Å². The van der Waals surface area contributed by atoms with Gasteiger partial charge in [0.1, 0.15) is 0 Å². The number of nitrogens with zero attached hydrogens (tertiary/aromatic N) is 3. The highest BCUT2D eigenvalue weighted by Crippen LogP contribution is 2.31. The number of para-hydroxylation sites is 1. The molecule has 134 valence electrons. The van der Waals surface area contributed by atoms with Gasteiger partial charge in [-0.2, -0.15) is 0 Å². The van der Waals surface area contributed by atoms with Crippen LogP contribution in [0.25, 0.3) is 0 Å². The molecule has 3 aliphatic heterocycles. The minimum absolute atomic E-state index is 0.148. The zero-order chi connectivity index (χ0) is 17.4. The molecule has 25 heavy (non-hydrogen) atoms. The van der Waals surface area contributed by atoms with Crippen molar-refractivity contribution in [2.75, 3.05) is 44.7 Å². The fourth-order valence-electron chi connectivity index (χ4n) is 4.59. The number of benzene rings is 1. The van der Waals surface area contributed by atoms with Crippen molar-refractivity contribution in [3.8, 4) is 0 Å². The van der Waals surface area contributed by atoms with Crippen LogP contribution in [0.15, 0.2) is 24.3 Å². The van der Waals surface area contributed by atoms with Gasteiger partial charge in [-0.3, -0.25) is 9.59 Å². The van der Waals surface area contributed by atoms with Crippen LogP contribution in [0.4, 0.5) is 5.69 Å². The van der Waals surface area contributed by atoms with Gasteiger partial charge in [-0.1, -0.05) is 18.2 Å². The number of hydrogen-bond donors (Lipinski definition) is 0. The summed E-state index contributed by atoms with van der Waals surface area (Å²) in [5.41, 5.74) is 2.41. The summed E-state index contributed by atoms with van der Waals surface area (Å²) in [6, 6.07) is 8.28. The van der Waals surface area contributed by atoms with E-state index >= 15 is 0 Å². The van der Waals surface area contributed by atoms with Crippen LogP contribution in [-0.4, -0.2) is 61.4 Å². The average Bonchev–Trinajstić information content (AvgIpc) is 3.18. The summed E-state index contributed by atoms with van der Waals surface area (Å²) in [7, 11) is 1.89. The number of rotatable bonds is 3. The van der Waals surface area contributed by atoms with Crippen LogP contribution < -0.4 is 4.90 Å². The van der Waals surface area contributed by atoms with Gasteiger partial charge in [0.05, 0.1) is 0 Å². The zero-order valence-electron chi connectivity index (χ0n) is 15.0. The zero-order valence-corrected chi connectivity index (χ0v) is 15.0. The molecular weight excluding hydrogens is 314 g/mol. The summed E-state index contributed by atoms with van der Waals surface area (Å²) in [5, 5.41) is 0. The second kappa shape index (κ2) is 6.79. The number of hydrogen-bond acceptors (Lipinski definition) is 3. The maximum absolute atomic E-state index is 13.0. The van der Waals surface area contributed by atoms with E-state index in [1.54, 1.807) is 0 Å². The number of amides is 2. The van der Waals surface area contributed by atoms with Crippen molar-refractivity contribution in [2.45, 2.75) is 25.7 Å². The van der Waals surface area contributed by atoms with Crippen LogP contribution in [-0.2, 0) is 16.0 Å². The summed E-state index contributed by atoms with van der Waals surface area (Å²) >= 11 is 0. The van der Waals surface area contributed by atoms with Crippen molar-refractivity contribution in [1.29, 1.82) is 0 Å². The summed E-state index contributed by atoms with van der Waals surface area (Å²) in [4.78, 5) is 30.9. The Kier molecular flexibility index (Phi) is 4.50. The Balaban J connectivity index is 1.30. The second-order valence-electron chi connectivity index (χ2n) is 7.79. The van der Waals surface area contributed by atoms with E-state index < -0.39 is 0 Å². The number of fused-ring (bicyclic) bond motifs is 1. The third-order valence-corrected chi connectivity index (χ3v) is 6.03. The lowest BCUT2D eigenvalue weighted by Gasteiger charge is -2.34. The number of carbonyl (C=O) groups is 2. The smallest absolute Gasteiger partial charge is 0.230 e. The predicted molar refractivity (Wildman–Crippen MR) is 97.4 cm³/mol. The average molecular weight is 341 g/mol. The third kappa shape index (κ3) is 3.30. The Labute approximate surface area is 149 Å². The quantitative estimate of drug-likeness (QED) is 0.842. The van der Waals surface area contributed by atoms with E-state index in [4.69, 9.17) is 0 Å². The topological polar surface area (TPSA) is 43.9 Å². The molecule has 1 atom stereocenters. The van der Waals surface area contributed by atoms with Gasteiger partial charge in [0.2, 0.25) is 11.8 Å². The molecule has 3 heterocycles. The SMILES string of the molecule is CN1CC(CN2CCC(C(=O)N3CCc4ccccc43)CC2)CC1=O. The molecule has 1 aromatic rings. The lowest BCUT2D eigenvalue weighted by molar-refractivity contribution is -0.126. The van der Waals surface area contributed by atoms with Crippen LogP contribution in [0.5, 0.6) is 0 Å². The third-order valence-electron chi connectivity index (χ3n) is 6.03.